The van der Waals surface area contributed by atoms with E-state index in [1.165, 1.54) is 41.3 Å². The molecule has 0 fully saturated rings. The van der Waals surface area contributed by atoms with Crippen molar-refractivity contribution in [2.75, 3.05) is 0 Å². The van der Waals surface area contributed by atoms with Crippen molar-refractivity contribution >= 4 is 49.2 Å². The Morgan fingerprint density at radius 3 is 2.15 bits per heavy atom. The Kier molecular flexibility index (Phi) is 11.0. The summed E-state index contributed by atoms with van der Waals surface area (Å²) < 4.78 is 4.03. The Morgan fingerprint density at radius 2 is 1.47 bits per heavy atom. The van der Waals surface area contributed by atoms with Gasteiger partial charge in [0.15, 0.2) is 0 Å². The van der Waals surface area contributed by atoms with Crippen molar-refractivity contribution in [2.45, 2.75) is 44.5 Å². The maximum atomic E-state index is 4.72. The van der Waals surface area contributed by atoms with Crippen molar-refractivity contribution in [3.63, 3.8) is 0 Å². The molecule has 0 unspecified atom stereocenters. The van der Waals surface area contributed by atoms with Gasteiger partial charge in [0.1, 0.15) is 0 Å². The maximum absolute atomic E-state index is 4.72. The molecule has 3 heterocycles. The summed E-state index contributed by atoms with van der Waals surface area (Å²) in [6.07, 6.45) is 5.01. The van der Waals surface area contributed by atoms with Gasteiger partial charge in [0.05, 0.1) is 0 Å². The van der Waals surface area contributed by atoms with E-state index in [4.69, 9.17) is 4.98 Å². The number of aromatic nitrogens is 2. The predicted octanol–water partition coefficient (Wildman–Crippen LogP) is 11.3. The topological polar surface area (TPSA) is 25.8 Å². The van der Waals surface area contributed by atoms with Crippen LogP contribution in [0, 0.1) is 17.5 Å². The van der Waals surface area contributed by atoms with E-state index in [0.29, 0.717) is 0 Å². The van der Waals surface area contributed by atoms with E-state index in [0.717, 1.165) is 28.9 Å². The standard InChI is InChI=1S/C28H24NS.C14H16GeN.Ir/c1-28(2,3)18-19-15-16-29-25(17-19)24-14-8-13-23-22-12-7-11-21(26(22)30-27(23)24)20-9-5-4-6-10-20;1-15(2,3)13-9-10-14(16-11-13)12-7-5-4-6-8-12;/h4-13,15-17H,18H2,1-3H3;4-7,9-11H,1-3H3;/q2*-1;. The van der Waals surface area contributed by atoms with Crippen molar-refractivity contribution in [1.82, 2.24) is 9.97 Å². The van der Waals surface area contributed by atoms with Gasteiger partial charge in [0.2, 0.25) is 0 Å². The van der Waals surface area contributed by atoms with Crippen LogP contribution in [0.15, 0.2) is 122 Å². The van der Waals surface area contributed by atoms with E-state index in [1.807, 2.05) is 54.1 Å². The molecule has 0 saturated carbocycles. The molecule has 0 N–H and O–H groups in total. The van der Waals surface area contributed by atoms with E-state index in [1.54, 1.807) is 0 Å². The number of pyridine rings is 2. The first-order valence-corrected chi connectivity index (χ1v) is 24.0. The van der Waals surface area contributed by atoms with Gasteiger partial charge in [-0.2, -0.15) is 11.3 Å². The maximum Gasteiger partial charge on any atom is 0 e. The minimum atomic E-state index is -1.72. The SMILES string of the molecule is CC(C)(C)Cc1ccnc(-c2[c-]ccc3c2sc2c(-c4ccccc4)cccc23)c1.[CH3][Ge]([CH3])([CH3])[c]1ccc(-c2[c-]cccc2)nc1.[Ir]. The van der Waals surface area contributed by atoms with Crippen LogP contribution >= 0.6 is 11.3 Å². The molecule has 0 atom stereocenters. The molecule has 1 radical (unpaired) electrons. The second-order valence-electron chi connectivity index (χ2n) is 14.0. The Balaban J connectivity index is 0.000000217. The molecule has 3 aromatic heterocycles. The normalized spacial score (nSPS) is 11.5. The van der Waals surface area contributed by atoms with Gasteiger partial charge in [0.25, 0.3) is 0 Å². The van der Waals surface area contributed by atoms with Crippen LogP contribution in [0.4, 0.5) is 0 Å². The average Bonchev–Trinajstić information content (AvgIpc) is 3.44. The molecule has 0 spiro atoms. The molecule has 239 valence electrons. The second kappa shape index (κ2) is 14.8. The van der Waals surface area contributed by atoms with Crippen molar-refractivity contribution in [3.8, 4) is 33.6 Å². The average molecular weight is 870 g/mol. The van der Waals surface area contributed by atoms with Crippen molar-refractivity contribution in [1.29, 1.82) is 0 Å². The number of rotatable bonds is 5. The van der Waals surface area contributed by atoms with Crippen molar-refractivity contribution < 1.29 is 20.1 Å². The zero-order chi connectivity index (χ0) is 32.3. The molecular weight excluding hydrogens is 829 g/mol. The number of hydrogen-bond donors (Lipinski definition) is 0. The summed E-state index contributed by atoms with van der Waals surface area (Å²) in [5, 5.41) is 2.59. The number of thiophene rings is 1. The minimum absolute atomic E-state index is 0. The van der Waals surface area contributed by atoms with E-state index in [-0.39, 0.29) is 25.5 Å². The molecule has 7 aromatic rings. The summed E-state index contributed by atoms with van der Waals surface area (Å²) in [5.74, 6) is 7.14. The number of benzene rings is 4. The largest absolute Gasteiger partial charge is 0 e. The molecule has 4 aromatic carbocycles. The second-order valence-corrected chi connectivity index (χ2v) is 25.7. The first kappa shape index (κ1) is 34.9. The van der Waals surface area contributed by atoms with Crippen LogP contribution in [0.25, 0.3) is 53.8 Å². The minimum Gasteiger partial charge on any atom is 0 e. The molecule has 0 aliphatic rings. The van der Waals surface area contributed by atoms with Gasteiger partial charge in [-0.15, -0.1) is 23.8 Å². The molecular formula is C42H40GeIrN2S-2. The van der Waals surface area contributed by atoms with Crippen LogP contribution in [0.2, 0.25) is 17.3 Å². The van der Waals surface area contributed by atoms with Crippen LogP contribution < -0.4 is 4.40 Å². The Morgan fingerprint density at radius 1 is 0.702 bits per heavy atom. The summed E-state index contributed by atoms with van der Waals surface area (Å²) >= 11 is 0.136. The van der Waals surface area contributed by atoms with Crippen molar-refractivity contribution in [3.05, 3.63) is 139 Å². The van der Waals surface area contributed by atoms with Crippen LogP contribution in [0.5, 0.6) is 0 Å². The van der Waals surface area contributed by atoms with Gasteiger partial charge in [-0.1, -0.05) is 86.3 Å². The molecule has 0 saturated heterocycles. The smallest absolute Gasteiger partial charge is 0 e. The fourth-order valence-corrected chi connectivity index (χ4v) is 9.19. The van der Waals surface area contributed by atoms with Gasteiger partial charge in [0, 0.05) is 31.0 Å². The summed E-state index contributed by atoms with van der Waals surface area (Å²) in [4.78, 5) is 9.25. The fourth-order valence-electron chi connectivity index (χ4n) is 5.68. The van der Waals surface area contributed by atoms with Crippen LogP contribution in [-0.4, -0.2) is 23.2 Å². The Bertz CT molecular complexity index is 2070. The molecule has 7 rings (SSSR count). The Hall–Kier alpha value is -3.41. The molecule has 0 aliphatic carbocycles. The van der Waals surface area contributed by atoms with E-state index in [2.05, 4.69) is 134 Å². The van der Waals surface area contributed by atoms with E-state index in [9.17, 15) is 0 Å². The molecule has 2 nitrogen and oxygen atoms in total. The summed E-state index contributed by atoms with van der Waals surface area (Å²) in [7, 11) is 0. The van der Waals surface area contributed by atoms with Crippen LogP contribution in [0.3, 0.4) is 0 Å². The van der Waals surface area contributed by atoms with Crippen molar-refractivity contribution in [2.24, 2.45) is 5.41 Å². The van der Waals surface area contributed by atoms with E-state index < -0.39 is 13.3 Å². The predicted molar refractivity (Wildman–Crippen MR) is 201 cm³/mol. The van der Waals surface area contributed by atoms with Gasteiger partial charge in [-0.3, -0.25) is 0 Å². The number of nitrogens with zero attached hydrogens (tertiary/aromatic N) is 2. The number of fused-ring (bicyclic) bond motifs is 3. The molecule has 47 heavy (non-hydrogen) atoms. The third kappa shape index (κ3) is 8.37. The third-order valence-electron chi connectivity index (χ3n) is 7.97. The summed E-state index contributed by atoms with van der Waals surface area (Å²) in [5.41, 5.74) is 8.30. The fraction of sp³-hybridized carbons (Fsp3) is 0.190. The molecule has 0 aliphatic heterocycles. The zero-order valence-electron chi connectivity index (χ0n) is 27.9. The number of hydrogen-bond acceptors (Lipinski definition) is 3. The zero-order valence-corrected chi connectivity index (χ0v) is 33.2. The van der Waals surface area contributed by atoms with Gasteiger partial charge in [-0.05, 0) is 44.8 Å². The van der Waals surface area contributed by atoms with Crippen LogP contribution in [0.1, 0.15) is 26.3 Å². The van der Waals surface area contributed by atoms with Gasteiger partial charge in [-0.25, -0.2) is 0 Å². The first-order valence-electron chi connectivity index (χ1n) is 15.9. The first-order chi connectivity index (χ1) is 22.1. The van der Waals surface area contributed by atoms with E-state index >= 15 is 0 Å². The molecule has 0 amide bonds. The summed E-state index contributed by atoms with van der Waals surface area (Å²) in [6.45, 7) is 6.82. The van der Waals surface area contributed by atoms with Crippen LogP contribution in [-0.2, 0) is 26.5 Å². The molecule has 0 bridgehead atoms. The Labute approximate surface area is 300 Å². The quantitative estimate of drug-likeness (QED) is 0.127. The van der Waals surface area contributed by atoms with Gasteiger partial charge < -0.3 is 4.98 Å². The third-order valence-corrected chi connectivity index (χ3v) is 13.5. The summed E-state index contributed by atoms with van der Waals surface area (Å²) in [6, 6.07) is 44.8. The van der Waals surface area contributed by atoms with Gasteiger partial charge >= 0.3 is 99.8 Å². The molecule has 5 heteroatoms. The monoisotopic (exact) mass is 871 g/mol.